The quantitative estimate of drug-likeness (QED) is 0.567. The molecule has 1 rings (SSSR count). The van der Waals surface area contributed by atoms with Gasteiger partial charge < -0.3 is 0 Å². The predicted molar refractivity (Wildman–Crippen MR) is 40.1 cm³/mol. The molecular weight excluding hydrogens is 148 g/mol. The third-order valence-electron chi connectivity index (χ3n) is 0.940. The maximum atomic E-state index is 8.29. The Hall–Kier alpha value is -0.960. The summed E-state index contributed by atoms with van der Waals surface area (Å²) in [5.74, 6) is 0. The second kappa shape index (κ2) is 6.16. The third-order valence-corrected chi connectivity index (χ3v) is 0.940. The van der Waals surface area contributed by atoms with Gasteiger partial charge in [-0.2, -0.15) is 8.42 Å². The van der Waals surface area contributed by atoms with E-state index in [1.807, 2.05) is 18.2 Å². The van der Waals surface area contributed by atoms with Crippen molar-refractivity contribution in [3.05, 3.63) is 35.9 Å². The van der Waals surface area contributed by atoms with Gasteiger partial charge in [0, 0.05) is 0 Å². The lowest BCUT2D eigenvalue weighted by molar-refractivity contribution is 0.630. The van der Waals surface area contributed by atoms with E-state index < -0.39 is 11.6 Å². The zero-order valence-corrected chi connectivity index (χ0v) is 6.43. The van der Waals surface area contributed by atoms with Crippen LogP contribution in [0.5, 0.6) is 0 Å². The summed E-state index contributed by atoms with van der Waals surface area (Å²) in [5.41, 5.74) is 1.32. The van der Waals surface area contributed by atoms with Gasteiger partial charge in [0.05, 0.1) is 0 Å². The molecule has 0 unspecified atom stereocenters. The van der Waals surface area contributed by atoms with E-state index in [0.29, 0.717) is 0 Å². The molecule has 0 bridgehead atoms. The first-order valence-electron chi connectivity index (χ1n) is 2.74. The maximum absolute atomic E-state index is 8.29. The Balaban J connectivity index is 0.000000236. The average molecular weight is 156 g/mol. The number of aryl methyl sites for hydroxylation is 1. The summed E-state index contributed by atoms with van der Waals surface area (Å²) in [6.07, 6.45) is 0. The molecule has 0 heterocycles. The molecule has 0 N–H and O–H groups in total. The van der Waals surface area contributed by atoms with Gasteiger partial charge in [0.2, 0.25) is 0 Å². The van der Waals surface area contributed by atoms with Crippen molar-refractivity contribution in [3.8, 4) is 0 Å². The van der Waals surface area contributed by atoms with E-state index in [1.54, 1.807) is 0 Å². The van der Waals surface area contributed by atoms with Crippen LogP contribution in [0.2, 0.25) is 0 Å². The minimum atomic E-state index is -0.750. The minimum Gasteiger partial charge on any atom is -0.168 e. The first-order chi connectivity index (χ1) is 4.81. The Morgan fingerprint density at radius 3 is 1.70 bits per heavy atom. The molecule has 0 aromatic heterocycles. The highest BCUT2D eigenvalue weighted by Crippen LogP contribution is 1.92. The zero-order valence-electron chi connectivity index (χ0n) is 5.61. The van der Waals surface area contributed by atoms with Crippen molar-refractivity contribution in [3.63, 3.8) is 0 Å². The molecule has 1 aromatic rings. The van der Waals surface area contributed by atoms with Crippen LogP contribution in [0.25, 0.3) is 0 Å². The predicted octanol–water partition coefficient (Wildman–Crippen LogP) is 1.32. The summed E-state index contributed by atoms with van der Waals surface area (Å²) in [6, 6.07) is 10.3. The molecule has 3 heteroatoms. The molecule has 0 atom stereocenters. The molecule has 2 nitrogen and oxygen atoms in total. The van der Waals surface area contributed by atoms with Crippen LogP contribution in [0.3, 0.4) is 0 Å². The molecule has 0 spiro atoms. The first kappa shape index (κ1) is 9.04. The molecular formula is C7H8O2S. The van der Waals surface area contributed by atoms with Gasteiger partial charge in [0.1, 0.15) is 0 Å². The highest BCUT2D eigenvalue weighted by molar-refractivity contribution is 7.51. The summed E-state index contributed by atoms with van der Waals surface area (Å²) in [5, 5.41) is 0. The van der Waals surface area contributed by atoms with E-state index in [-0.39, 0.29) is 0 Å². The fourth-order valence-electron chi connectivity index (χ4n) is 0.534. The van der Waals surface area contributed by atoms with Crippen LogP contribution in [0.1, 0.15) is 5.56 Å². The first-order valence-corrected chi connectivity index (χ1v) is 3.41. The van der Waals surface area contributed by atoms with E-state index in [1.165, 1.54) is 5.56 Å². The van der Waals surface area contributed by atoms with Gasteiger partial charge in [-0.15, -0.1) is 0 Å². The van der Waals surface area contributed by atoms with Gasteiger partial charge in [-0.05, 0) is 6.92 Å². The largest absolute Gasteiger partial charge is 0.335 e. The van der Waals surface area contributed by atoms with E-state index in [9.17, 15) is 0 Å². The Labute approximate surface area is 63.5 Å². The van der Waals surface area contributed by atoms with Gasteiger partial charge in [0.15, 0.2) is 0 Å². The fraction of sp³-hybridized carbons (Fsp3) is 0.143. The SMILES string of the molecule is Cc1ccccc1.O=S=O. The monoisotopic (exact) mass is 156 g/mol. The zero-order chi connectivity index (χ0) is 7.82. The molecule has 0 saturated heterocycles. The highest BCUT2D eigenvalue weighted by Gasteiger charge is 1.72. The Morgan fingerprint density at radius 1 is 1.10 bits per heavy atom. The molecule has 0 aliphatic rings. The smallest absolute Gasteiger partial charge is 0.168 e. The van der Waals surface area contributed by atoms with E-state index in [4.69, 9.17) is 8.42 Å². The molecule has 54 valence electrons. The molecule has 0 saturated carbocycles. The molecule has 0 radical (unpaired) electrons. The van der Waals surface area contributed by atoms with Crippen molar-refractivity contribution < 1.29 is 8.42 Å². The molecule has 0 amide bonds. The minimum absolute atomic E-state index is 0.750. The van der Waals surface area contributed by atoms with Crippen molar-refractivity contribution in [2.24, 2.45) is 0 Å². The van der Waals surface area contributed by atoms with Crippen molar-refractivity contribution in [2.75, 3.05) is 0 Å². The Kier molecular flexibility index (Phi) is 5.57. The Morgan fingerprint density at radius 2 is 1.50 bits per heavy atom. The molecule has 0 aliphatic heterocycles. The lowest BCUT2D eigenvalue weighted by atomic mass is 10.2. The highest BCUT2D eigenvalue weighted by atomic mass is 32.1. The number of benzene rings is 1. The number of hydrogen-bond donors (Lipinski definition) is 0. The summed E-state index contributed by atoms with van der Waals surface area (Å²) < 4.78 is 16.6. The maximum Gasteiger partial charge on any atom is 0.335 e. The summed E-state index contributed by atoms with van der Waals surface area (Å²) >= 11 is -0.750. The fourth-order valence-corrected chi connectivity index (χ4v) is 0.534. The van der Waals surface area contributed by atoms with Crippen molar-refractivity contribution in [1.29, 1.82) is 0 Å². The van der Waals surface area contributed by atoms with E-state index in [0.717, 1.165) is 0 Å². The van der Waals surface area contributed by atoms with E-state index in [2.05, 4.69) is 19.1 Å². The second-order valence-electron chi connectivity index (χ2n) is 1.72. The summed E-state index contributed by atoms with van der Waals surface area (Å²) in [4.78, 5) is 0. The van der Waals surface area contributed by atoms with Gasteiger partial charge in [-0.1, -0.05) is 35.9 Å². The number of hydrogen-bond acceptors (Lipinski definition) is 2. The van der Waals surface area contributed by atoms with Gasteiger partial charge in [-0.25, -0.2) is 0 Å². The third kappa shape index (κ3) is 5.18. The second-order valence-corrected chi connectivity index (χ2v) is 1.86. The lowest BCUT2D eigenvalue weighted by Crippen LogP contribution is -1.62. The van der Waals surface area contributed by atoms with Crippen LogP contribution in [0, 0.1) is 6.92 Å². The van der Waals surface area contributed by atoms with Crippen molar-refractivity contribution >= 4 is 11.6 Å². The normalized spacial score (nSPS) is 7.30. The molecule has 0 aliphatic carbocycles. The van der Waals surface area contributed by atoms with Crippen LogP contribution >= 0.6 is 0 Å². The topological polar surface area (TPSA) is 34.1 Å². The van der Waals surface area contributed by atoms with Gasteiger partial charge in [0.25, 0.3) is 0 Å². The van der Waals surface area contributed by atoms with Crippen LogP contribution < -0.4 is 0 Å². The summed E-state index contributed by atoms with van der Waals surface area (Å²) in [6.45, 7) is 2.08. The lowest BCUT2D eigenvalue weighted by Gasteiger charge is -1.82. The molecule has 10 heavy (non-hydrogen) atoms. The standard InChI is InChI=1S/C7H8.O2S/c1-7-5-3-2-4-6-7;1-3-2/h2-6H,1H3;. The van der Waals surface area contributed by atoms with E-state index >= 15 is 0 Å². The number of rotatable bonds is 0. The Bertz CT molecular complexity index is 202. The van der Waals surface area contributed by atoms with Gasteiger partial charge in [-0.3, -0.25) is 0 Å². The van der Waals surface area contributed by atoms with Crippen molar-refractivity contribution in [1.82, 2.24) is 0 Å². The van der Waals surface area contributed by atoms with Crippen LogP contribution in [-0.4, -0.2) is 8.42 Å². The van der Waals surface area contributed by atoms with Crippen LogP contribution in [-0.2, 0) is 11.6 Å². The summed E-state index contributed by atoms with van der Waals surface area (Å²) in [7, 11) is 0. The molecule has 0 fully saturated rings. The molecule has 1 aromatic carbocycles. The van der Waals surface area contributed by atoms with Crippen LogP contribution in [0.15, 0.2) is 30.3 Å². The average Bonchev–Trinajstić information content (AvgIpc) is 1.91. The van der Waals surface area contributed by atoms with Crippen molar-refractivity contribution in [2.45, 2.75) is 6.92 Å². The van der Waals surface area contributed by atoms with Crippen LogP contribution in [0.4, 0.5) is 0 Å². The van der Waals surface area contributed by atoms with Gasteiger partial charge >= 0.3 is 11.6 Å².